The summed E-state index contributed by atoms with van der Waals surface area (Å²) in [6.45, 7) is 13.7. The van der Waals surface area contributed by atoms with Gasteiger partial charge in [-0.3, -0.25) is 9.71 Å². The molecule has 3 aromatic heterocycles. The minimum absolute atomic E-state index is 0.0870. The van der Waals surface area contributed by atoms with Gasteiger partial charge in [0.15, 0.2) is 0 Å². The first kappa shape index (κ1) is 20.6. The summed E-state index contributed by atoms with van der Waals surface area (Å²) >= 11 is 0. The number of benzene rings is 1. The number of aromatic nitrogens is 3. The van der Waals surface area contributed by atoms with Gasteiger partial charge >= 0.3 is 0 Å². The topological polar surface area (TPSA) is 80.7 Å². The van der Waals surface area contributed by atoms with Gasteiger partial charge in [-0.15, -0.1) is 0 Å². The lowest BCUT2D eigenvalue weighted by Crippen LogP contribution is -2.16. The van der Waals surface area contributed by atoms with Crippen molar-refractivity contribution in [1.29, 1.82) is 0 Å². The third kappa shape index (κ3) is 4.00. The molecule has 0 aliphatic carbocycles. The maximum absolute atomic E-state index is 13.1. The Bertz CT molecular complexity index is 1390. The van der Waals surface area contributed by atoms with Crippen molar-refractivity contribution in [2.45, 2.75) is 31.1 Å². The van der Waals surface area contributed by atoms with Crippen LogP contribution in [0.1, 0.15) is 26.3 Å². The second kappa shape index (κ2) is 7.52. The standard InChI is InChI=1S/C23H21N5O2S/c1-23(2,3)17-7-10-19(11-8-17)31(29,30)27-22-20(24-4)12-9-18-14-21(26-28(18)22)16-6-5-13-25-15-16/h5-15,27H,1-3H3. The molecule has 4 aromatic rings. The van der Waals surface area contributed by atoms with Crippen LogP contribution in [0.15, 0.2) is 71.9 Å². The lowest BCUT2D eigenvalue weighted by atomic mass is 9.87. The van der Waals surface area contributed by atoms with Crippen LogP contribution in [0.25, 0.3) is 21.6 Å². The zero-order chi connectivity index (χ0) is 22.2. The van der Waals surface area contributed by atoms with E-state index in [-0.39, 0.29) is 21.8 Å². The van der Waals surface area contributed by atoms with Crippen LogP contribution in [-0.4, -0.2) is 23.0 Å². The Hall–Kier alpha value is -3.70. The quantitative estimate of drug-likeness (QED) is 0.459. The molecule has 0 saturated heterocycles. The fourth-order valence-electron chi connectivity index (χ4n) is 3.21. The van der Waals surface area contributed by atoms with Gasteiger partial charge in [0.25, 0.3) is 10.0 Å². The maximum atomic E-state index is 13.1. The summed E-state index contributed by atoms with van der Waals surface area (Å²) in [5.74, 6) is 0.0996. The second-order valence-corrected chi connectivity index (χ2v) is 9.85. The molecule has 4 rings (SSSR count). The zero-order valence-corrected chi connectivity index (χ0v) is 18.2. The molecule has 31 heavy (non-hydrogen) atoms. The first-order valence-corrected chi connectivity index (χ1v) is 11.1. The van der Waals surface area contributed by atoms with Gasteiger partial charge in [-0.2, -0.15) is 5.10 Å². The van der Waals surface area contributed by atoms with Crippen LogP contribution in [0.5, 0.6) is 0 Å². The predicted molar refractivity (Wildman–Crippen MR) is 121 cm³/mol. The molecular formula is C23H21N5O2S. The summed E-state index contributed by atoms with van der Waals surface area (Å²) in [6.07, 6.45) is 3.35. The Kier molecular flexibility index (Phi) is 4.99. The highest BCUT2D eigenvalue weighted by molar-refractivity contribution is 7.92. The Labute approximate surface area is 181 Å². The number of rotatable bonds is 4. The van der Waals surface area contributed by atoms with E-state index in [4.69, 9.17) is 6.57 Å². The summed E-state index contributed by atoms with van der Waals surface area (Å²) in [5.41, 5.74) is 3.18. The van der Waals surface area contributed by atoms with Crippen molar-refractivity contribution in [3.05, 3.63) is 84.0 Å². The van der Waals surface area contributed by atoms with Crippen molar-refractivity contribution in [2.75, 3.05) is 4.72 Å². The Morgan fingerprint density at radius 1 is 1.06 bits per heavy atom. The van der Waals surface area contributed by atoms with E-state index in [0.717, 1.165) is 11.1 Å². The highest BCUT2D eigenvalue weighted by Crippen LogP contribution is 2.31. The molecule has 0 unspecified atom stereocenters. The number of nitrogens with one attached hydrogen (secondary N) is 1. The minimum Gasteiger partial charge on any atom is -0.272 e. The minimum atomic E-state index is -3.92. The first-order chi connectivity index (χ1) is 14.7. The SMILES string of the molecule is [C-]#[N+]c1ccc2cc(-c3cccnc3)nn2c1NS(=O)(=O)c1ccc(C(C)(C)C)cc1. The van der Waals surface area contributed by atoms with E-state index in [0.29, 0.717) is 11.2 Å². The number of hydrogen-bond donors (Lipinski definition) is 1. The summed E-state index contributed by atoms with van der Waals surface area (Å²) in [6, 6.07) is 15.6. The largest absolute Gasteiger partial charge is 0.272 e. The number of nitrogens with zero attached hydrogens (tertiary/aromatic N) is 4. The third-order valence-corrected chi connectivity index (χ3v) is 6.30. The van der Waals surface area contributed by atoms with Crippen LogP contribution >= 0.6 is 0 Å². The van der Waals surface area contributed by atoms with E-state index in [1.807, 2.05) is 12.1 Å². The molecule has 1 N–H and O–H groups in total. The van der Waals surface area contributed by atoms with Gasteiger partial charge in [-0.05, 0) is 47.4 Å². The van der Waals surface area contributed by atoms with Crippen molar-refractivity contribution < 1.29 is 8.42 Å². The Morgan fingerprint density at radius 2 is 1.81 bits per heavy atom. The van der Waals surface area contributed by atoms with Crippen molar-refractivity contribution in [3.63, 3.8) is 0 Å². The lowest BCUT2D eigenvalue weighted by Gasteiger charge is -2.19. The number of fused-ring (bicyclic) bond motifs is 1. The molecule has 8 heteroatoms. The summed E-state index contributed by atoms with van der Waals surface area (Å²) < 4.78 is 30.2. The fourth-order valence-corrected chi connectivity index (χ4v) is 4.26. The molecular weight excluding hydrogens is 410 g/mol. The smallest absolute Gasteiger partial charge is 0.262 e. The molecule has 0 amide bonds. The number of anilines is 1. The zero-order valence-electron chi connectivity index (χ0n) is 17.4. The van der Waals surface area contributed by atoms with Crippen molar-refractivity contribution in [1.82, 2.24) is 14.6 Å². The van der Waals surface area contributed by atoms with Gasteiger partial charge in [0.05, 0.1) is 22.7 Å². The van der Waals surface area contributed by atoms with Crippen LogP contribution in [0.4, 0.5) is 11.5 Å². The van der Waals surface area contributed by atoms with E-state index in [9.17, 15) is 8.42 Å². The van der Waals surface area contributed by atoms with Gasteiger partial charge in [0.1, 0.15) is 5.82 Å². The van der Waals surface area contributed by atoms with Crippen molar-refractivity contribution in [3.8, 4) is 11.3 Å². The summed E-state index contributed by atoms with van der Waals surface area (Å²) in [7, 11) is -3.92. The number of pyridine rings is 2. The predicted octanol–water partition coefficient (Wildman–Crippen LogP) is 5.05. The van der Waals surface area contributed by atoms with Crippen molar-refractivity contribution in [2.24, 2.45) is 0 Å². The molecule has 156 valence electrons. The van der Waals surface area contributed by atoms with Crippen LogP contribution < -0.4 is 4.72 Å². The van der Waals surface area contributed by atoms with E-state index in [1.54, 1.807) is 54.9 Å². The van der Waals surface area contributed by atoms with E-state index in [1.165, 1.54) is 4.52 Å². The summed E-state index contributed by atoms with van der Waals surface area (Å²) in [5, 5.41) is 4.52. The monoisotopic (exact) mass is 431 g/mol. The Morgan fingerprint density at radius 3 is 2.42 bits per heavy atom. The van der Waals surface area contributed by atoms with Gasteiger partial charge in [-0.25, -0.2) is 17.8 Å². The first-order valence-electron chi connectivity index (χ1n) is 9.63. The molecule has 0 aliphatic rings. The molecule has 7 nitrogen and oxygen atoms in total. The molecule has 0 fully saturated rings. The normalized spacial score (nSPS) is 11.9. The van der Waals surface area contributed by atoms with E-state index < -0.39 is 10.0 Å². The van der Waals surface area contributed by atoms with Gasteiger partial charge in [-0.1, -0.05) is 39.0 Å². The van der Waals surface area contributed by atoms with E-state index >= 15 is 0 Å². The van der Waals surface area contributed by atoms with Crippen LogP contribution in [0.3, 0.4) is 0 Å². The average molecular weight is 432 g/mol. The highest BCUT2D eigenvalue weighted by atomic mass is 32.2. The molecule has 1 aromatic carbocycles. The van der Waals surface area contributed by atoms with Crippen LogP contribution in [0, 0.1) is 6.57 Å². The van der Waals surface area contributed by atoms with Gasteiger partial charge in [0, 0.05) is 18.0 Å². The third-order valence-electron chi connectivity index (χ3n) is 4.94. The Balaban J connectivity index is 1.78. The van der Waals surface area contributed by atoms with Gasteiger partial charge < -0.3 is 0 Å². The number of hydrogen-bond acceptors (Lipinski definition) is 4. The average Bonchev–Trinajstić information content (AvgIpc) is 3.19. The molecule has 0 saturated carbocycles. The number of sulfonamides is 1. The van der Waals surface area contributed by atoms with Crippen molar-refractivity contribution >= 4 is 27.0 Å². The van der Waals surface area contributed by atoms with Gasteiger partial charge in [0.2, 0.25) is 5.69 Å². The fraction of sp³-hybridized carbons (Fsp3) is 0.174. The molecule has 0 atom stereocenters. The maximum Gasteiger partial charge on any atom is 0.262 e. The lowest BCUT2D eigenvalue weighted by molar-refractivity contribution is 0.587. The highest BCUT2D eigenvalue weighted by Gasteiger charge is 2.21. The molecule has 3 heterocycles. The van der Waals surface area contributed by atoms with E-state index in [2.05, 4.69) is 40.4 Å². The second-order valence-electron chi connectivity index (χ2n) is 8.17. The molecule has 0 bridgehead atoms. The molecule has 0 aliphatic heterocycles. The molecule has 0 spiro atoms. The summed E-state index contributed by atoms with van der Waals surface area (Å²) in [4.78, 5) is 7.70. The van der Waals surface area contributed by atoms with Crippen LogP contribution in [0.2, 0.25) is 0 Å². The molecule has 0 radical (unpaired) electrons. The van der Waals surface area contributed by atoms with Crippen LogP contribution in [-0.2, 0) is 15.4 Å².